The minimum atomic E-state index is -3.05. The lowest BCUT2D eigenvalue weighted by Gasteiger charge is -2.63. The van der Waals surface area contributed by atoms with E-state index in [4.69, 9.17) is 28.4 Å². The molecule has 0 radical (unpaired) electrons. The molecule has 3 aliphatic rings. The Balaban J connectivity index is 2.07. The number of carbonyl (C=O) groups is 6. The number of aliphatic hydroxyl groups excluding tert-OH is 3. The largest absolute Gasteiger partial charge is 0.497 e. The number of nitrogens with one attached hydrogen (secondary N) is 1. The van der Waals surface area contributed by atoms with Crippen LogP contribution in [0.2, 0.25) is 0 Å². The summed E-state index contributed by atoms with van der Waals surface area (Å²) >= 11 is 0. The summed E-state index contributed by atoms with van der Waals surface area (Å²) in [6.45, 7) is 14.6. The molecule has 368 valence electrons. The molecule has 2 fully saturated rings. The molecule has 1 amide bonds. The first-order valence-electron chi connectivity index (χ1n) is 21.4. The first-order valence-corrected chi connectivity index (χ1v) is 24.1. The van der Waals surface area contributed by atoms with Crippen molar-refractivity contribution in [3.8, 4) is 11.5 Å². The maximum absolute atomic E-state index is 15.7. The summed E-state index contributed by atoms with van der Waals surface area (Å²) in [5.41, 5.74) is -10.8. The van der Waals surface area contributed by atoms with Gasteiger partial charge in [-0.2, -0.15) is 0 Å². The maximum atomic E-state index is 15.7. The Kier molecular flexibility index (Phi) is 17.0. The number of ether oxygens (including phenoxy) is 6. The van der Waals surface area contributed by atoms with Gasteiger partial charge in [0.2, 0.25) is 0 Å². The number of fused-ring (bicyclic) bond motifs is 3. The molecule has 20 heteroatoms. The van der Waals surface area contributed by atoms with Gasteiger partial charge in [-0.25, -0.2) is 14.4 Å². The van der Waals surface area contributed by atoms with Crippen molar-refractivity contribution in [2.75, 3.05) is 26.2 Å². The van der Waals surface area contributed by atoms with Crippen LogP contribution in [-0.2, 0) is 38.1 Å². The van der Waals surface area contributed by atoms with Crippen molar-refractivity contribution in [2.45, 2.75) is 148 Å². The number of amides is 1. The van der Waals surface area contributed by atoms with E-state index in [1.165, 1.54) is 87.8 Å². The second-order valence-electron chi connectivity index (χ2n) is 18.9. The van der Waals surface area contributed by atoms with Gasteiger partial charge in [0.15, 0.2) is 29.4 Å². The molecule has 0 aliphatic heterocycles. The molecule has 66 heavy (non-hydrogen) atoms. The Morgan fingerprint density at radius 3 is 2.15 bits per heavy atom. The third-order valence-electron chi connectivity index (χ3n) is 12.9. The summed E-state index contributed by atoms with van der Waals surface area (Å²) in [6, 6.07) is 2.71. The second kappa shape index (κ2) is 20.6. The zero-order valence-corrected chi connectivity index (χ0v) is 41.3. The summed E-state index contributed by atoms with van der Waals surface area (Å²) < 4.78 is 34.4. The summed E-state index contributed by atoms with van der Waals surface area (Å²) in [6.07, 6.45) is -11.6. The number of hydrogen-bond donors (Lipinski definition) is 6. The Morgan fingerprint density at radius 2 is 1.61 bits per heavy atom. The lowest BCUT2D eigenvalue weighted by Crippen LogP contribution is -2.78. The maximum Gasteiger partial charge on any atom is 0.408 e. The average Bonchev–Trinajstić information content (AvgIpc) is 3.21. The summed E-state index contributed by atoms with van der Waals surface area (Å²) in [7, 11) is 5.31. The van der Waals surface area contributed by atoms with Crippen LogP contribution < -0.4 is 14.8 Å². The van der Waals surface area contributed by atoms with E-state index < -0.39 is 125 Å². The van der Waals surface area contributed by atoms with Gasteiger partial charge in [0.1, 0.15) is 40.5 Å². The standard InChI is InChI=1S/C46H65NO17S2/c1-22(2)18-27(47-41(56)64-42(5,6)7)34(52)40(55)61-29-21-45(57)38(63-39(54)26-19-25(59-11)14-15-28(26)60-12)36-44(10,30(49)20-31(50)46(36,58)24(4)48)37(53)35(33(23(29)3)43(45,8)9)62-32(51)16-17-66-65-13/h14-15,18-19,27,29-31,34-36,38,49-50,52,57-58H,16-17,20-21H2,1-13H3,(H,47,56)/t27-,29+,30+,31-,34-,35-,36?,38?,44-,45-,46+/m1/s1. The number of aliphatic hydroxyl groups is 5. The number of benzene rings is 1. The number of allylic oxidation sites excluding steroid dienone is 1. The molecule has 0 heterocycles. The van der Waals surface area contributed by atoms with Crippen LogP contribution in [0.15, 0.2) is 41.0 Å². The molecule has 3 aliphatic carbocycles. The molecule has 0 aromatic heterocycles. The Hall–Kier alpha value is -4.18. The molecular formula is C46H65NO17S2. The normalized spacial score (nSPS) is 30.2. The highest BCUT2D eigenvalue weighted by molar-refractivity contribution is 8.76. The SMILES string of the molecule is COc1ccc(OC)c(C(=O)OC2C3[C@](C)(C(=O)[C@H](OC(=O)CCSSC)C4=C(C)[C@@H](OC(=O)[C@H](O)[C@@H](C=C(C)C)NC(=O)OC(C)(C)C)C[C@]2(O)C4(C)C)[C@@H](O)C[C@@H](O)[C@@]3(O)C(C)=O)c1. The van der Waals surface area contributed by atoms with Crippen LogP contribution in [-0.4, -0.2) is 147 Å². The van der Waals surface area contributed by atoms with Crippen LogP contribution in [0.25, 0.3) is 0 Å². The molecule has 1 aromatic rings. The molecule has 18 nitrogen and oxygen atoms in total. The fourth-order valence-electron chi connectivity index (χ4n) is 9.44. The van der Waals surface area contributed by atoms with Gasteiger partial charge in [0.25, 0.3) is 0 Å². The summed E-state index contributed by atoms with van der Waals surface area (Å²) in [4.78, 5) is 85.0. The van der Waals surface area contributed by atoms with Crippen LogP contribution in [0.1, 0.15) is 98.9 Å². The van der Waals surface area contributed by atoms with Crippen molar-refractivity contribution in [2.24, 2.45) is 16.7 Å². The lowest BCUT2D eigenvalue weighted by atomic mass is 9.45. The number of ketones is 2. The third kappa shape index (κ3) is 10.4. The Bertz CT molecular complexity index is 2110. The zero-order valence-electron chi connectivity index (χ0n) is 39.7. The summed E-state index contributed by atoms with van der Waals surface area (Å²) in [5.74, 6) is -7.53. The predicted molar refractivity (Wildman–Crippen MR) is 243 cm³/mol. The number of alkyl carbamates (subject to hydrolysis) is 1. The number of rotatable bonds is 15. The minimum Gasteiger partial charge on any atom is -0.497 e. The van der Waals surface area contributed by atoms with Crippen molar-refractivity contribution < 1.29 is 82.7 Å². The third-order valence-corrected chi connectivity index (χ3v) is 14.8. The van der Waals surface area contributed by atoms with Gasteiger partial charge in [-0.05, 0) is 91.0 Å². The minimum absolute atomic E-state index is 0.0410. The zero-order chi connectivity index (χ0) is 50.1. The molecule has 1 aromatic carbocycles. The fraction of sp³-hybridized carbons (Fsp3) is 0.652. The van der Waals surface area contributed by atoms with E-state index in [-0.39, 0.29) is 40.4 Å². The number of carbonyl (C=O) groups excluding carboxylic acids is 6. The van der Waals surface area contributed by atoms with Crippen molar-refractivity contribution in [3.05, 3.63) is 46.6 Å². The summed E-state index contributed by atoms with van der Waals surface area (Å²) in [5, 5.41) is 64.0. The van der Waals surface area contributed by atoms with E-state index in [1.807, 2.05) is 0 Å². The van der Waals surface area contributed by atoms with Crippen LogP contribution in [0, 0.1) is 16.7 Å². The molecule has 2 bridgehead atoms. The van der Waals surface area contributed by atoms with E-state index in [1.54, 1.807) is 40.9 Å². The van der Waals surface area contributed by atoms with Crippen molar-refractivity contribution in [3.63, 3.8) is 0 Å². The molecule has 2 unspecified atom stereocenters. The van der Waals surface area contributed by atoms with Gasteiger partial charge in [-0.3, -0.25) is 14.4 Å². The lowest BCUT2D eigenvalue weighted by molar-refractivity contribution is -0.272. The van der Waals surface area contributed by atoms with E-state index in [0.29, 0.717) is 5.57 Å². The van der Waals surface area contributed by atoms with Crippen molar-refractivity contribution >= 4 is 57.2 Å². The van der Waals surface area contributed by atoms with Gasteiger partial charge < -0.3 is 59.3 Å². The number of methoxy groups -OCH3 is 2. The number of Topliss-reactive ketones (excluding diaryl/α,β-unsaturated/α-hetero) is 2. The first kappa shape index (κ1) is 54.4. The topological polar surface area (TPSA) is 271 Å². The van der Waals surface area contributed by atoms with E-state index in [0.717, 1.165) is 6.92 Å². The van der Waals surface area contributed by atoms with Crippen molar-refractivity contribution in [1.29, 1.82) is 0 Å². The highest BCUT2D eigenvalue weighted by Crippen LogP contribution is 2.62. The van der Waals surface area contributed by atoms with Gasteiger partial charge >= 0.3 is 24.0 Å². The van der Waals surface area contributed by atoms with E-state index in [9.17, 15) is 49.5 Å². The van der Waals surface area contributed by atoms with E-state index >= 15 is 4.79 Å². The van der Waals surface area contributed by atoms with Crippen LogP contribution in [0.4, 0.5) is 4.79 Å². The van der Waals surface area contributed by atoms with Gasteiger partial charge in [0.05, 0.1) is 50.2 Å². The van der Waals surface area contributed by atoms with Crippen molar-refractivity contribution in [1.82, 2.24) is 5.32 Å². The monoisotopic (exact) mass is 967 g/mol. The molecular weight excluding hydrogens is 903 g/mol. The quantitative estimate of drug-likeness (QED) is 0.0480. The second-order valence-corrected chi connectivity index (χ2v) is 21.6. The molecule has 0 spiro atoms. The Morgan fingerprint density at radius 1 is 0.970 bits per heavy atom. The predicted octanol–water partition coefficient (Wildman–Crippen LogP) is 3.80. The smallest absolute Gasteiger partial charge is 0.408 e. The Labute approximate surface area is 392 Å². The first-order chi connectivity index (χ1) is 30.5. The number of hydrogen-bond acceptors (Lipinski definition) is 19. The molecule has 6 N–H and O–H groups in total. The van der Waals surface area contributed by atoms with Gasteiger partial charge in [-0.15, -0.1) is 0 Å². The molecule has 4 rings (SSSR count). The van der Waals surface area contributed by atoms with Crippen LogP contribution in [0.3, 0.4) is 0 Å². The number of esters is 3. The fourth-order valence-corrected chi connectivity index (χ4v) is 10.6. The highest BCUT2D eigenvalue weighted by atomic mass is 33.1. The molecule has 11 atom stereocenters. The van der Waals surface area contributed by atoms with E-state index in [2.05, 4.69) is 5.32 Å². The molecule has 2 saturated carbocycles. The van der Waals surface area contributed by atoms with Gasteiger partial charge in [-0.1, -0.05) is 47.1 Å². The van der Waals surface area contributed by atoms with Crippen LogP contribution in [0.5, 0.6) is 11.5 Å². The van der Waals surface area contributed by atoms with Gasteiger partial charge in [0, 0.05) is 24.0 Å². The average molecular weight is 968 g/mol. The van der Waals surface area contributed by atoms with Crippen LogP contribution >= 0.6 is 21.6 Å². The molecule has 0 saturated heterocycles. The highest BCUT2D eigenvalue weighted by Gasteiger charge is 2.76.